The van der Waals surface area contributed by atoms with Crippen molar-refractivity contribution >= 4 is 5.91 Å². The summed E-state index contributed by atoms with van der Waals surface area (Å²) in [5, 5.41) is 0. The zero-order chi connectivity index (χ0) is 18.2. The van der Waals surface area contributed by atoms with Gasteiger partial charge in [-0.15, -0.1) is 0 Å². The predicted molar refractivity (Wildman–Crippen MR) is 103 cm³/mol. The summed E-state index contributed by atoms with van der Waals surface area (Å²) in [7, 11) is 0. The number of aryl methyl sites for hydroxylation is 2. The summed E-state index contributed by atoms with van der Waals surface area (Å²) in [5.74, 6) is 0.205. The zero-order valence-electron chi connectivity index (χ0n) is 15.6. The van der Waals surface area contributed by atoms with E-state index in [2.05, 4.69) is 36.2 Å². The van der Waals surface area contributed by atoms with E-state index in [1.807, 2.05) is 23.2 Å². The maximum absolute atomic E-state index is 12.8. The van der Waals surface area contributed by atoms with Crippen LogP contribution in [-0.4, -0.2) is 35.0 Å². The van der Waals surface area contributed by atoms with Crippen molar-refractivity contribution in [3.05, 3.63) is 65.5 Å². The van der Waals surface area contributed by atoms with Crippen molar-refractivity contribution < 1.29 is 9.53 Å². The van der Waals surface area contributed by atoms with E-state index in [4.69, 9.17) is 4.74 Å². The van der Waals surface area contributed by atoms with E-state index >= 15 is 0 Å². The first-order valence-corrected chi connectivity index (χ1v) is 9.54. The standard InChI is InChI=1S/C22H28N2O2/c1-18-9-11-19(12-10-18)5-2-8-22(25)24(17-21-7-4-14-26-21)16-20-6-3-13-23-15-20/h3,6,9-13,15,21H,2,4-5,7-8,14,16-17H2,1H3. The highest BCUT2D eigenvalue weighted by molar-refractivity contribution is 5.76. The van der Waals surface area contributed by atoms with Gasteiger partial charge in [-0.3, -0.25) is 9.78 Å². The van der Waals surface area contributed by atoms with Crippen LogP contribution < -0.4 is 0 Å². The smallest absolute Gasteiger partial charge is 0.222 e. The Balaban J connectivity index is 1.55. The number of pyridine rings is 1. The van der Waals surface area contributed by atoms with Gasteiger partial charge in [0.2, 0.25) is 5.91 Å². The number of ether oxygens (including phenoxy) is 1. The third-order valence-electron chi connectivity index (χ3n) is 4.87. The van der Waals surface area contributed by atoms with Crippen molar-refractivity contribution in [1.29, 1.82) is 0 Å². The van der Waals surface area contributed by atoms with E-state index in [1.54, 1.807) is 6.20 Å². The first kappa shape index (κ1) is 18.6. The number of amides is 1. The quantitative estimate of drug-likeness (QED) is 0.723. The van der Waals surface area contributed by atoms with Crippen LogP contribution in [0.5, 0.6) is 0 Å². The van der Waals surface area contributed by atoms with E-state index in [0.29, 0.717) is 19.5 Å². The molecule has 0 saturated carbocycles. The van der Waals surface area contributed by atoms with Crippen LogP contribution in [0.25, 0.3) is 0 Å². The molecule has 1 aliphatic rings. The fraction of sp³-hybridized carbons (Fsp3) is 0.455. The van der Waals surface area contributed by atoms with Crippen molar-refractivity contribution in [2.24, 2.45) is 0 Å². The number of hydrogen-bond acceptors (Lipinski definition) is 3. The van der Waals surface area contributed by atoms with Crippen LogP contribution in [-0.2, 0) is 22.5 Å². The van der Waals surface area contributed by atoms with Crippen molar-refractivity contribution in [2.75, 3.05) is 13.2 Å². The minimum atomic E-state index is 0.174. The maximum Gasteiger partial charge on any atom is 0.222 e. The van der Waals surface area contributed by atoms with Gasteiger partial charge in [-0.25, -0.2) is 0 Å². The molecule has 0 spiro atoms. The number of nitrogens with zero attached hydrogens (tertiary/aromatic N) is 2. The van der Waals surface area contributed by atoms with Crippen molar-refractivity contribution in [3.63, 3.8) is 0 Å². The molecular formula is C22H28N2O2. The normalized spacial score (nSPS) is 16.6. The molecule has 1 aromatic heterocycles. The van der Waals surface area contributed by atoms with Gasteiger partial charge in [0.1, 0.15) is 0 Å². The summed E-state index contributed by atoms with van der Waals surface area (Å²) in [6.45, 7) is 4.19. The third-order valence-corrected chi connectivity index (χ3v) is 4.87. The molecule has 1 fully saturated rings. The SMILES string of the molecule is Cc1ccc(CCCC(=O)N(Cc2cccnc2)CC2CCCO2)cc1. The minimum absolute atomic E-state index is 0.174. The van der Waals surface area contributed by atoms with Crippen LogP contribution >= 0.6 is 0 Å². The van der Waals surface area contributed by atoms with Crippen LogP contribution in [0.3, 0.4) is 0 Å². The molecule has 3 rings (SSSR count). The molecule has 0 bridgehead atoms. The van der Waals surface area contributed by atoms with Crippen molar-refractivity contribution in [1.82, 2.24) is 9.88 Å². The Morgan fingerprint density at radius 1 is 1.23 bits per heavy atom. The molecule has 0 aliphatic carbocycles. The summed E-state index contributed by atoms with van der Waals surface area (Å²) < 4.78 is 5.75. The Kier molecular flexibility index (Phi) is 6.78. The van der Waals surface area contributed by atoms with Gasteiger partial charge in [0, 0.05) is 38.5 Å². The van der Waals surface area contributed by atoms with Gasteiger partial charge in [-0.1, -0.05) is 35.9 Å². The van der Waals surface area contributed by atoms with Crippen LogP contribution in [0.2, 0.25) is 0 Å². The fourth-order valence-corrected chi connectivity index (χ4v) is 3.36. The predicted octanol–water partition coefficient (Wildman–Crippen LogP) is 3.92. The second-order valence-electron chi connectivity index (χ2n) is 7.11. The highest BCUT2D eigenvalue weighted by Gasteiger charge is 2.22. The third kappa shape index (κ3) is 5.67. The number of rotatable bonds is 8. The van der Waals surface area contributed by atoms with E-state index < -0.39 is 0 Å². The summed E-state index contributed by atoms with van der Waals surface area (Å²) in [4.78, 5) is 18.9. The Morgan fingerprint density at radius 3 is 2.77 bits per heavy atom. The molecule has 4 heteroatoms. The van der Waals surface area contributed by atoms with Crippen LogP contribution in [0, 0.1) is 6.92 Å². The topological polar surface area (TPSA) is 42.4 Å². The Bertz CT molecular complexity index is 679. The lowest BCUT2D eigenvalue weighted by atomic mass is 10.1. The second-order valence-corrected chi connectivity index (χ2v) is 7.11. The second kappa shape index (κ2) is 9.48. The van der Waals surface area contributed by atoms with Gasteiger partial charge in [0.15, 0.2) is 0 Å². The average Bonchev–Trinajstić information content (AvgIpc) is 3.17. The monoisotopic (exact) mass is 352 g/mol. The number of benzene rings is 1. The molecule has 1 aliphatic heterocycles. The van der Waals surface area contributed by atoms with Crippen LogP contribution in [0.15, 0.2) is 48.8 Å². The lowest BCUT2D eigenvalue weighted by Crippen LogP contribution is -2.36. The van der Waals surface area contributed by atoms with Crippen molar-refractivity contribution in [3.8, 4) is 0 Å². The number of hydrogen-bond donors (Lipinski definition) is 0. The summed E-state index contributed by atoms with van der Waals surface area (Å²) in [6.07, 6.45) is 8.28. The van der Waals surface area contributed by atoms with Gasteiger partial charge in [-0.2, -0.15) is 0 Å². The van der Waals surface area contributed by atoms with E-state index in [1.165, 1.54) is 11.1 Å². The average molecular weight is 352 g/mol. The lowest BCUT2D eigenvalue weighted by molar-refractivity contribution is -0.133. The number of carbonyl (C=O) groups is 1. The molecule has 1 atom stereocenters. The molecule has 1 saturated heterocycles. The number of carbonyl (C=O) groups excluding carboxylic acids is 1. The minimum Gasteiger partial charge on any atom is -0.376 e. The van der Waals surface area contributed by atoms with Gasteiger partial charge in [0.05, 0.1) is 6.10 Å². The lowest BCUT2D eigenvalue weighted by Gasteiger charge is -2.25. The summed E-state index contributed by atoms with van der Waals surface area (Å²) >= 11 is 0. The van der Waals surface area contributed by atoms with Gasteiger partial charge < -0.3 is 9.64 Å². The summed E-state index contributed by atoms with van der Waals surface area (Å²) in [5.41, 5.74) is 3.63. The molecule has 4 nitrogen and oxygen atoms in total. The molecule has 2 aromatic rings. The van der Waals surface area contributed by atoms with E-state index in [0.717, 1.165) is 37.9 Å². The first-order chi connectivity index (χ1) is 12.7. The summed E-state index contributed by atoms with van der Waals surface area (Å²) in [6, 6.07) is 12.5. The number of aromatic nitrogens is 1. The maximum atomic E-state index is 12.8. The molecule has 1 unspecified atom stereocenters. The van der Waals surface area contributed by atoms with Crippen LogP contribution in [0.1, 0.15) is 42.4 Å². The Morgan fingerprint density at radius 2 is 2.08 bits per heavy atom. The van der Waals surface area contributed by atoms with Crippen molar-refractivity contribution in [2.45, 2.75) is 51.7 Å². The molecule has 1 aromatic carbocycles. The molecular weight excluding hydrogens is 324 g/mol. The fourth-order valence-electron chi connectivity index (χ4n) is 3.36. The van der Waals surface area contributed by atoms with Gasteiger partial charge in [-0.05, 0) is 49.8 Å². The Hall–Kier alpha value is -2.20. The molecule has 26 heavy (non-hydrogen) atoms. The zero-order valence-corrected chi connectivity index (χ0v) is 15.6. The highest BCUT2D eigenvalue weighted by Crippen LogP contribution is 2.16. The molecule has 0 N–H and O–H groups in total. The Labute approximate surface area is 156 Å². The highest BCUT2D eigenvalue weighted by atomic mass is 16.5. The molecule has 138 valence electrons. The molecule has 1 amide bonds. The largest absolute Gasteiger partial charge is 0.376 e. The van der Waals surface area contributed by atoms with E-state index in [9.17, 15) is 4.79 Å². The van der Waals surface area contributed by atoms with Gasteiger partial charge in [0.25, 0.3) is 0 Å². The van der Waals surface area contributed by atoms with E-state index in [-0.39, 0.29) is 12.0 Å². The molecule has 2 heterocycles. The van der Waals surface area contributed by atoms with Gasteiger partial charge >= 0.3 is 0 Å². The van der Waals surface area contributed by atoms with Crippen LogP contribution in [0.4, 0.5) is 0 Å². The molecule has 0 radical (unpaired) electrons. The first-order valence-electron chi connectivity index (χ1n) is 9.54.